The van der Waals surface area contributed by atoms with E-state index in [1.165, 1.54) is 6.42 Å². The Balaban J connectivity index is 0.00000161. The minimum Gasteiger partial charge on any atom is -0.309 e. The van der Waals surface area contributed by atoms with Crippen LogP contribution in [0.5, 0.6) is 0 Å². The van der Waals surface area contributed by atoms with Crippen LogP contribution in [-0.2, 0) is 10.0 Å². The molecule has 0 spiro atoms. The summed E-state index contributed by atoms with van der Waals surface area (Å²) in [7, 11) is -3.55. The summed E-state index contributed by atoms with van der Waals surface area (Å²) in [5.74, 6) is 0. The molecule has 0 saturated carbocycles. The average Bonchev–Trinajstić information content (AvgIpc) is 2.37. The Morgan fingerprint density at radius 3 is 2.43 bits per heavy atom. The number of hydrogen-bond donors (Lipinski definition) is 1. The molecule has 2 saturated heterocycles. The third kappa shape index (κ3) is 3.41. The molecule has 3 rings (SSSR count). The first-order valence-corrected chi connectivity index (χ1v) is 9.30. The zero-order chi connectivity index (χ0) is 14.3. The number of sulfonamides is 1. The molecule has 0 radical (unpaired) electrons. The number of piperazine rings is 1. The molecule has 21 heavy (non-hydrogen) atoms. The molecule has 2 aliphatic rings. The van der Waals surface area contributed by atoms with Gasteiger partial charge in [0.05, 0.1) is 5.02 Å². The summed E-state index contributed by atoms with van der Waals surface area (Å²) in [4.78, 5) is 0.182. The van der Waals surface area contributed by atoms with E-state index in [2.05, 4.69) is 21.2 Å². The Hall–Kier alpha value is 0.150. The first-order chi connectivity index (χ1) is 9.48. The zero-order valence-electron chi connectivity index (χ0n) is 11.3. The van der Waals surface area contributed by atoms with E-state index in [1.807, 2.05) is 0 Å². The predicted octanol–water partition coefficient (Wildman–Crippen LogP) is 3.04. The van der Waals surface area contributed by atoms with E-state index in [0.29, 0.717) is 17.6 Å². The van der Waals surface area contributed by atoms with Crippen LogP contribution < -0.4 is 5.32 Å². The van der Waals surface area contributed by atoms with Crippen LogP contribution in [0.25, 0.3) is 0 Å². The quantitative estimate of drug-likeness (QED) is 0.807. The summed E-state index contributed by atoms with van der Waals surface area (Å²) in [6.45, 7) is 1.05. The van der Waals surface area contributed by atoms with E-state index in [-0.39, 0.29) is 34.4 Å². The van der Waals surface area contributed by atoms with Crippen molar-refractivity contribution in [2.45, 2.75) is 36.2 Å². The zero-order valence-corrected chi connectivity index (χ0v) is 15.2. The molecule has 2 aliphatic heterocycles. The highest BCUT2D eigenvalue weighted by Crippen LogP contribution is 2.33. The first kappa shape index (κ1) is 17.5. The van der Waals surface area contributed by atoms with Gasteiger partial charge < -0.3 is 5.32 Å². The molecule has 2 bridgehead atoms. The molecule has 0 aromatic heterocycles. The van der Waals surface area contributed by atoms with Crippen LogP contribution in [0, 0.1) is 0 Å². The van der Waals surface area contributed by atoms with Gasteiger partial charge in [0.1, 0.15) is 4.90 Å². The Labute approximate surface area is 144 Å². The van der Waals surface area contributed by atoms with Crippen molar-refractivity contribution >= 4 is 50.0 Å². The highest BCUT2D eigenvalue weighted by Gasteiger charge is 2.37. The molecule has 1 aromatic rings. The second-order valence-electron chi connectivity index (χ2n) is 5.36. The van der Waals surface area contributed by atoms with Crippen LogP contribution in [0.3, 0.4) is 0 Å². The summed E-state index contributed by atoms with van der Waals surface area (Å²) < 4.78 is 27.8. The number of hydrogen-bond acceptors (Lipinski definition) is 3. The van der Waals surface area contributed by atoms with Crippen molar-refractivity contribution < 1.29 is 8.42 Å². The van der Waals surface area contributed by atoms with E-state index >= 15 is 0 Å². The maximum absolute atomic E-state index is 12.8. The Kier molecular flexibility index (Phi) is 5.60. The number of benzene rings is 1. The van der Waals surface area contributed by atoms with Gasteiger partial charge in [-0.05, 0) is 40.9 Å². The molecule has 1 aromatic carbocycles. The second kappa shape index (κ2) is 6.72. The van der Waals surface area contributed by atoms with Gasteiger partial charge in [-0.3, -0.25) is 0 Å². The van der Waals surface area contributed by atoms with Gasteiger partial charge >= 0.3 is 0 Å². The van der Waals surface area contributed by atoms with Gasteiger partial charge in [0, 0.05) is 29.6 Å². The maximum Gasteiger partial charge on any atom is 0.245 e. The topological polar surface area (TPSA) is 49.4 Å². The molecule has 0 aliphatic carbocycles. The lowest BCUT2D eigenvalue weighted by Gasteiger charge is -2.41. The molecule has 0 amide bonds. The normalized spacial score (nSPS) is 26.2. The fraction of sp³-hybridized carbons (Fsp3) is 0.538. The van der Waals surface area contributed by atoms with Crippen LogP contribution in [0.2, 0.25) is 5.02 Å². The van der Waals surface area contributed by atoms with Gasteiger partial charge in [-0.25, -0.2) is 8.42 Å². The molecule has 118 valence electrons. The number of halogens is 3. The maximum atomic E-state index is 12.8. The van der Waals surface area contributed by atoms with Gasteiger partial charge in [-0.1, -0.05) is 24.1 Å². The minimum atomic E-state index is -3.55. The summed E-state index contributed by atoms with van der Waals surface area (Å²) in [5.41, 5.74) is 0. The molecule has 2 unspecified atom stereocenters. The highest BCUT2D eigenvalue weighted by molar-refractivity contribution is 9.10. The summed E-state index contributed by atoms with van der Waals surface area (Å²) >= 11 is 9.41. The lowest BCUT2D eigenvalue weighted by atomic mass is 9.96. The SMILES string of the molecule is Cl.O=S(=O)(c1c(Cl)cccc1Br)N1CC2CCCC(C1)N2. The highest BCUT2D eigenvalue weighted by atomic mass is 79.9. The fourth-order valence-electron chi connectivity index (χ4n) is 3.02. The van der Waals surface area contributed by atoms with Gasteiger partial charge in [0.25, 0.3) is 0 Å². The first-order valence-electron chi connectivity index (χ1n) is 6.68. The number of nitrogens with zero attached hydrogens (tertiary/aromatic N) is 1. The number of piperidine rings is 1. The van der Waals surface area contributed by atoms with E-state index in [4.69, 9.17) is 11.6 Å². The third-order valence-electron chi connectivity index (χ3n) is 3.94. The Bertz CT molecular complexity index is 594. The van der Waals surface area contributed by atoms with Crippen LogP contribution >= 0.6 is 39.9 Å². The van der Waals surface area contributed by atoms with E-state index in [1.54, 1.807) is 22.5 Å². The minimum absolute atomic E-state index is 0. The Morgan fingerprint density at radius 2 is 1.86 bits per heavy atom. The molecule has 8 heteroatoms. The molecule has 2 heterocycles. The van der Waals surface area contributed by atoms with Crippen LogP contribution in [0.4, 0.5) is 0 Å². The standard InChI is InChI=1S/C13H16BrClN2O2S.ClH/c14-11-5-2-6-12(15)13(11)20(18,19)17-7-9-3-1-4-10(8-17)16-9;/h2,5-6,9-10,16H,1,3-4,7-8H2;1H. The van der Waals surface area contributed by atoms with Crippen LogP contribution in [0.1, 0.15) is 19.3 Å². The van der Waals surface area contributed by atoms with Crippen LogP contribution in [-0.4, -0.2) is 37.9 Å². The number of rotatable bonds is 2. The summed E-state index contributed by atoms with van der Waals surface area (Å²) in [6.07, 6.45) is 3.24. The summed E-state index contributed by atoms with van der Waals surface area (Å²) in [5, 5.41) is 3.75. The van der Waals surface area contributed by atoms with E-state index in [0.717, 1.165) is 12.8 Å². The van der Waals surface area contributed by atoms with E-state index in [9.17, 15) is 8.42 Å². The molecule has 1 N–H and O–H groups in total. The van der Waals surface area contributed by atoms with Crippen molar-refractivity contribution in [3.63, 3.8) is 0 Å². The van der Waals surface area contributed by atoms with Crippen molar-refractivity contribution in [3.05, 3.63) is 27.7 Å². The Morgan fingerprint density at radius 1 is 1.24 bits per heavy atom. The third-order valence-corrected chi connectivity index (χ3v) is 7.23. The molecular formula is C13H17BrCl2N2O2S. The monoisotopic (exact) mass is 414 g/mol. The molecule has 4 nitrogen and oxygen atoms in total. The number of nitrogens with one attached hydrogen (secondary N) is 1. The average molecular weight is 416 g/mol. The van der Waals surface area contributed by atoms with Crippen LogP contribution in [0.15, 0.2) is 27.6 Å². The van der Waals surface area contributed by atoms with Crippen molar-refractivity contribution in [2.75, 3.05) is 13.1 Å². The van der Waals surface area contributed by atoms with Crippen molar-refractivity contribution in [1.82, 2.24) is 9.62 Å². The van der Waals surface area contributed by atoms with Gasteiger partial charge in [-0.2, -0.15) is 4.31 Å². The summed E-state index contributed by atoms with van der Waals surface area (Å²) in [6, 6.07) is 5.58. The fourth-order valence-corrected chi connectivity index (χ4v) is 6.22. The lowest BCUT2D eigenvalue weighted by molar-refractivity contribution is 0.190. The van der Waals surface area contributed by atoms with Gasteiger partial charge in [0.2, 0.25) is 10.0 Å². The molecule has 2 fully saturated rings. The largest absolute Gasteiger partial charge is 0.309 e. The lowest BCUT2D eigenvalue weighted by Crippen LogP contribution is -2.59. The van der Waals surface area contributed by atoms with Crippen molar-refractivity contribution in [1.29, 1.82) is 0 Å². The number of fused-ring (bicyclic) bond motifs is 2. The smallest absolute Gasteiger partial charge is 0.245 e. The van der Waals surface area contributed by atoms with E-state index < -0.39 is 10.0 Å². The second-order valence-corrected chi connectivity index (χ2v) is 8.50. The van der Waals surface area contributed by atoms with Gasteiger partial charge in [0.15, 0.2) is 0 Å². The molecular weight excluding hydrogens is 399 g/mol. The van der Waals surface area contributed by atoms with Gasteiger partial charge in [-0.15, -0.1) is 12.4 Å². The predicted molar refractivity (Wildman–Crippen MR) is 89.7 cm³/mol. The molecule has 2 atom stereocenters. The van der Waals surface area contributed by atoms with Crippen molar-refractivity contribution in [3.8, 4) is 0 Å². The van der Waals surface area contributed by atoms with Crippen molar-refractivity contribution in [2.24, 2.45) is 0 Å².